The largest absolute Gasteiger partial charge is 0.264 e. The highest BCUT2D eigenvalue weighted by Gasteiger charge is 2.17. The van der Waals surface area contributed by atoms with Gasteiger partial charge in [-0.3, -0.25) is 4.98 Å². The standard InChI is InChI=1S/C31H23N/c1-20-11-14-25(21(2)17-20)31-27-10-6-5-9-26(27)30(28-15-16-32-19-29(28)31)24-13-12-22-7-3-4-8-23(22)18-24/h3-19H,1-2H3. The van der Waals surface area contributed by atoms with Gasteiger partial charge in [-0.1, -0.05) is 84.4 Å². The second-order valence-electron chi connectivity index (χ2n) is 8.60. The highest BCUT2D eigenvalue weighted by atomic mass is 14.6. The summed E-state index contributed by atoms with van der Waals surface area (Å²) in [5.41, 5.74) is 7.63. The number of nitrogens with zero attached hydrogens (tertiary/aromatic N) is 1. The van der Waals surface area contributed by atoms with Gasteiger partial charge < -0.3 is 0 Å². The molecule has 0 spiro atoms. The normalized spacial score (nSPS) is 11.4. The van der Waals surface area contributed by atoms with Gasteiger partial charge in [0, 0.05) is 17.8 Å². The van der Waals surface area contributed by atoms with Crippen molar-refractivity contribution < 1.29 is 0 Å². The molecular formula is C31H23N. The Kier molecular flexibility index (Phi) is 4.29. The van der Waals surface area contributed by atoms with Crippen LogP contribution in [0.3, 0.4) is 0 Å². The van der Waals surface area contributed by atoms with Gasteiger partial charge >= 0.3 is 0 Å². The number of rotatable bonds is 2. The number of fused-ring (bicyclic) bond motifs is 3. The second-order valence-corrected chi connectivity index (χ2v) is 8.60. The van der Waals surface area contributed by atoms with Gasteiger partial charge in [0.15, 0.2) is 0 Å². The molecule has 1 aromatic heterocycles. The molecule has 0 aliphatic carbocycles. The van der Waals surface area contributed by atoms with Gasteiger partial charge in [-0.25, -0.2) is 0 Å². The molecule has 6 aromatic rings. The molecule has 152 valence electrons. The lowest BCUT2D eigenvalue weighted by atomic mass is 9.85. The lowest BCUT2D eigenvalue weighted by molar-refractivity contribution is 1.36. The van der Waals surface area contributed by atoms with Crippen molar-refractivity contribution in [2.45, 2.75) is 13.8 Å². The zero-order valence-corrected chi connectivity index (χ0v) is 18.3. The molecule has 0 radical (unpaired) electrons. The molecule has 1 heteroatoms. The minimum Gasteiger partial charge on any atom is -0.264 e. The van der Waals surface area contributed by atoms with Gasteiger partial charge in [-0.2, -0.15) is 0 Å². The lowest BCUT2D eigenvalue weighted by Crippen LogP contribution is -1.93. The summed E-state index contributed by atoms with van der Waals surface area (Å²) in [5.74, 6) is 0. The Morgan fingerprint density at radius 2 is 1.28 bits per heavy atom. The highest BCUT2D eigenvalue weighted by Crippen LogP contribution is 2.44. The van der Waals surface area contributed by atoms with Crippen molar-refractivity contribution in [1.82, 2.24) is 4.98 Å². The molecule has 0 saturated carbocycles. The fourth-order valence-corrected chi connectivity index (χ4v) is 5.06. The average Bonchev–Trinajstić information content (AvgIpc) is 2.83. The summed E-state index contributed by atoms with van der Waals surface area (Å²) in [6.07, 6.45) is 3.94. The van der Waals surface area contributed by atoms with E-state index in [4.69, 9.17) is 0 Å². The van der Waals surface area contributed by atoms with Gasteiger partial charge in [0.2, 0.25) is 0 Å². The van der Waals surface area contributed by atoms with Crippen molar-refractivity contribution in [1.29, 1.82) is 0 Å². The van der Waals surface area contributed by atoms with Gasteiger partial charge in [0.25, 0.3) is 0 Å². The molecule has 0 N–H and O–H groups in total. The first-order valence-electron chi connectivity index (χ1n) is 11.1. The number of benzene rings is 5. The smallest absolute Gasteiger partial charge is 0.0353 e. The van der Waals surface area contributed by atoms with Gasteiger partial charge in [0.1, 0.15) is 0 Å². The molecular weight excluding hydrogens is 386 g/mol. The van der Waals surface area contributed by atoms with Crippen molar-refractivity contribution in [2.24, 2.45) is 0 Å². The molecule has 6 rings (SSSR count). The van der Waals surface area contributed by atoms with Crippen molar-refractivity contribution >= 4 is 32.3 Å². The summed E-state index contributed by atoms with van der Waals surface area (Å²) in [7, 11) is 0. The molecule has 5 aromatic carbocycles. The Bertz CT molecular complexity index is 1590. The Labute approximate surface area is 188 Å². The number of aryl methyl sites for hydroxylation is 2. The molecule has 0 unspecified atom stereocenters. The summed E-state index contributed by atoms with van der Waals surface area (Å²) < 4.78 is 0. The summed E-state index contributed by atoms with van der Waals surface area (Å²) in [6, 6.07) is 33.0. The van der Waals surface area contributed by atoms with Crippen LogP contribution >= 0.6 is 0 Å². The van der Waals surface area contributed by atoms with E-state index in [1.54, 1.807) is 0 Å². The fourth-order valence-electron chi connectivity index (χ4n) is 5.06. The van der Waals surface area contributed by atoms with Crippen LogP contribution in [0.2, 0.25) is 0 Å². The van der Waals surface area contributed by atoms with Crippen LogP contribution in [0.25, 0.3) is 54.6 Å². The summed E-state index contributed by atoms with van der Waals surface area (Å²) in [4.78, 5) is 4.54. The van der Waals surface area contributed by atoms with Crippen LogP contribution in [0, 0.1) is 13.8 Å². The molecule has 32 heavy (non-hydrogen) atoms. The molecule has 0 amide bonds. The Morgan fingerprint density at radius 1 is 0.562 bits per heavy atom. The first-order chi connectivity index (χ1) is 15.7. The van der Waals surface area contributed by atoms with Crippen LogP contribution < -0.4 is 0 Å². The van der Waals surface area contributed by atoms with Gasteiger partial charge in [-0.15, -0.1) is 0 Å². The number of hydrogen-bond donors (Lipinski definition) is 0. The minimum atomic E-state index is 1.20. The number of pyridine rings is 1. The third kappa shape index (κ3) is 2.90. The van der Waals surface area contributed by atoms with E-state index in [0.717, 1.165) is 0 Å². The zero-order chi connectivity index (χ0) is 21.7. The predicted octanol–water partition coefficient (Wildman–Crippen LogP) is 8.49. The summed E-state index contributed by atoms with van der Waals surface area (Å²) in [6.45, 7) is 4.36. The molecule has 0 aliphatic rings. The SMILES string of the molecule is Cc1ccc(-c2c3ccccc3c(-c3ccc4ccccc4c3)c3ccncc23)c(C)c1. The second kappa shape index (κ2) is 7.32. The van der Waals surface area contributed by atoms with E-state index in [1.165, 1.54) is 65.7 Å². The van der Waals surface area contributed by atoms with Crippen LogP contribution in [0.1, 0.15) is 11.1 Å². The van der Waals surface area contributed by atoms with E-state index >= 15 is 0 Å². The van der Waals surface area contributed by atoms with E-state index in [0.29, 0.717) is 0 Å². The molecule has 0 bridgehead atoms. The Balaban J connectivity index is 1.78. The minimum absolute atomic E-state index is 1.20. The van der Waals surface area contributed by atoms with Crippen LogP contribution in [0.15, 0.2) is 103 Å². The van der Waals surface area contributed by atoms with Crippen molar-refractivity contribution in [3.63, 3.8) is 0 Å². The Hall–Kier alpha value is -3.97. The first-order valence-corrected chi connectivity index (χ1v) is 11.1. The third-order valence-electron chi connectivity index (χ3n) is 6.51. The number of hydrogen-bond acceptors (Lipinski definition) is 1. The maximum atomic E-state index is 4.54. The molecule has 0 atom stereocenters. The van der Waals surface area contributed by atoms with Crippen molar-refractivity contribution in [3.8, 4) is 22.3 Å². The maximum absolute atomic E-state index is 4.54. The maximum Gasteiger partial charge on any atom is 0.0353 e. The van der Waals surface area contributed by atoms with E-state index in [-0.39, 0.29) is 0 Å². The monoisotopic (exact) mass is 409 g/mol. The van der Waals surface area contributed by atoms with E-state index in [9.17, 15) is 0 Å². The highest BCUT2D eigenvalue weighted by molar-refractivity contribution is 6.21. The van der Waals surface area contributed by atoms with Crippen LogP contribution in [0.4, 0.5) is 0 Å². The summed E-state index contributed by atoms with van der Waals surface area (Å²) in [5, 5.41) is 7.50. The number of aromatic nitrogens is 1. The van der Waals surface area contributed by atoms with Crippen LogP contribution in [-0.2, 0) is 0 Å². The van der Waals surface area contributed by atoms with E-state index < -0.39 is 0 Å². The summed E-state index contributed by atoms with van der Waals surface area (Å²) >= 11 is 0. The first kappa shape index (κ1) is 18.8. The zero-order valence-electron chi connectivity index (χ0n) is 18.3. The van der Waals surface area contributed by atoms with Gasteiger partial charge in [0.05, 0.1) is 0 Å². The van der Waals surface area contributed by atoms with E-state index in [2.05, 4.69) is 110 Å². The van der Waals surface area contributed by atoms with Crippen LogP contribution in [-0.4, -0.2) is 4.98 Å². The third-order valence-corrected chi connectivity index (χ3v) is 6.51. The van der Waals surface area contributed by atoms with Gasteiger partial charge in [-0.05, 0) is 80.7 Å². The molecule has 0 fully saturated rings. The van der Waals surface area contributed by atoms with Crippen molar-refractivity contribution in [2.75, 3.05) is 0 Å². The fraction of sp³-hybridized carbons (Fsp3) is 0.0645. The van der Waals surface area contributed by atoms with Crippen LogP contribution in [0.5, 0.6) is 0 Å². The lowest BCUT2D eigenvalue weighted by Gasteiger charge is -2.19. The molecule has 0 saturated heterocycles. The topological polar surface area (TPSA) is 12.9 Å². The predicted molar refractivity (Wildman–Crippen MR) is 137 cm³/mol. The molecule has 1 nitrogen and oxygen atoms in total. The Morgan fingerprint density at radius 3 is 2.09 bits per heavy atom. The molecule has 1 heterocycles. The quantitative estimate of drug-likeness (QED) is 0.261. The van der Waals surface area contributed by atoms with Crippen molar-refractivity contribution in [3.05, 3.63) is 115 Å². The van der Waals surface area contributed by atoms with E-state index in [1.807, 2.05) is 12.4 Å². The molecule has 0 aliphatic heterocycles. The average molecular weight is 410 g/mol.